The molecule has 1 aromatic carbocycles. The Hall–Kier alpha value is -2.57. The normalized spacial score (nSPS) is 24.3. The Balaban J connectivity index is 1.69. The Labute approximate surface area is 127 Å². The lowest BCUT2D eigenvalue weighted by Gasteiger charge is -2.38. The van der Waals surface area contributed by atoms with Gasteiger partial charge in [0.15, 0.2) is 0 Å². The number of hydrogen-bond acceptors (Lipinski definition) is 4. The van der Waals surface area contributed by atoms with Crippen LogP contribution in [0.25, 0.3) is 0 Å². The zero-order valence-corrected chi connectivity index (χ0v) is 12.0. The predicted octanol–water partition coefficient (Wildman–Crippen LogP) is 0.135. The first kappa shape index (κ1) is 14.4. The van der Waals surface area contributed by atoms with Gasteiger partial charge in [0.25, 0.3) is 5.91 Å². The fourth-order valence-corrected chi connectivity index (χ4v) is 2.98. The molecule has 4 amide bonds. The number of likely N-dealkylation sites (tertiary alicyclic amines) is 1. The Morgan fingerprint density at radius 1 is 1.27 bits per heavy atom. The molecule has 0 aliphatic carbocycles. The van der Waals surface area contributed by atoms with Gasteiger partial charge in [-0.25, -0.2) is 4.79 Å². The number of hydrogen-bond donors (Lipinski definition) is 3. The minimum absolute atomic E-state index is 0.0984. The number of phenols is 1. The number of imide groups is 1. The van der Waals surface area contributed by atoms with Gasteiger partial charge in [0.05, 0.1) is 13.0 Å². The van der Waals surface area contributed by atoms with E-state index in [4.69, 9.17) is 0 Å². The molecule has 0 radical (unpaired) electrons. The van der Waals surface area contributed by atoms with E-state index in [0.29, 0.717) is 19.4 Å². The summed E-state index contributed by atoms with van der Waals surface area (Å²) in [6.07, 6.45) is 1.40. The van der Waals surface area contributed by atoms with E-state index < -0.39 is 11.6 Å². The van der Waals surface area contributed by atoms with Crippen molar-refractivity contribution in [2.45, 2.75) is 24.8 Å². The van der Waals surface area contributed by atoms with E-state index in [0.717, 1.165) is 5.56 Å². The molecule has 2 aliphatic rings. The number of amides is 4. The van der Waals surface area contributed by atoms with Crippen LogP contribution in [-0.4, -0.2) is 46.5 Å². The third kappa shape index (κ3) is 2.61. The predicted molar refractivity (Wildman–Crippen MR) is 77.0 cm³/mol. The molecule has 3 N–H and O–H groups in total. The Morgan fingerprint density at radius 2 is 2.00 bits per heavy atom. The van der Waals surface area contributed by atoms with Gasteiger partial charge in [-0.05, 0) is 30.5 Å². The number of carbonyl (C=O) groups is 3. The molecule has 7 nitrogen and oxygen atoms in total. The molecule has 2 heterocycles. The second-order valence-electron chi connectivity index (χ2n) is 5.75. The lowest BCUT2D eigenvalue weighted by atomic mass is 9.89. The molecule has 2 saturated heterocycles. The number of carbonyl (C=O) groups excluding carboxylic acids is 3. The highest BCUT2D eigenvalue weighted by Gasteiger charge is 2.49. The zero-order valence-electron chi connectivity index (χ0n) is 12.0. The quantitative estimate of drug-likeness (QED) is 0.677. The monoisotopic (exact) mass is 303 g/mol. The van der Waals surface area contributed by atoms with Crippen LogP contribution >= 0.6 is 0 Å². The van der Waals surface area contributed by atoms with Crippen molar-refractivity contribution < 1.29 is 19.5 Å². The lowest BCUT2D eigenvalue weighted by Crippen LogP contribution is -2.59. The number of piperidine rings is 1. The van der Waals surface area contributed by atoms with E-state index in [9.17, 15) is 19.5 Å². The number of nitrogens with zero attached hydrogens (tertiary/aromatic N) is 1. The van der Waals surface area contributed by atoms with Gasteiger partial charge in [-0.15, -0.1) is 0 Å². The van der Waals surface area contributed by atoms with Crippen molar-refractivity contribution in [2.24, 2.45) is 0 Å². The molecular weight excluding hydrogens is 286 g/mol. The third-order valence-corrected chi connectivity index (χ3v) is 4.15. The van der Waals surface area contributed by atoms with Gasteiger partial charge in [-0.3, -0.25) is 14.9 Å². The van der Waals surface area contributed by atoms with E-state index in [1.807, 2.05) is 0 Å². The fourth-order valence-electron chi connectivity index (χ4n) is 2.98. The van der Waals surface area contributed by atoms with Crippen LogP contribution in [0.5, 0.6) is 5.75 Å². The molecule has 2 fully saturated rings. The summed E-state index contributed by atoms with van der Waals surface area (Å²) in [7, 11) is 0. The molecule has 2 aliphatic heterocycles. The smallest absolute Gasteiger partial charge is 0.322 e. The van der Waals surface area contributed by atoms with E-state index in [1.54, 1.807) is 17.0 Å². The van der Waals surface area contributed by atoms with Crippen LogP contribution in [0.1, 0.15) is 18.4 Å². The second-order valence-corrected chi connectivity index (χ2v) is 5.75. The molecule has 116 valence electrons. The van der Waals surface area contributed by atoms with Crippen molar-refractivity contribution >= 4 is 17.8 Å². The van der Waals surface area contributed by atoms with E-state index in [1.165, 1.54) is 12.1 Å². The summed E-state index contributed by atoms with van der Waals surface area (Å²) in [5, 5.41) is 14.1. The van der Waals surface area contributed by atoms with Crippen molar-refractivity contribution in [3.63, 3.8) is 0 Å². The first-order valence-electron chi connectivity index (χ1n) is 7.18. The van der Waals surface area contributed by atoms with Crippen LogP contribution in [0.3, 0.4) is 0 Å². The number of urea groups is 1. The van der Waals surface area contributed by atoms with Crippen LogP contribution in [0.2, 0.25) is 0 Å². The SMILES string of the molecule is O=C1NC(=O)C2(CCCN(C(=O)Cc3ccc(O)cc3)C2)N1. The summed E-state index contributed by atoms with van der Waals surface area (Å²) in [5.74, 6) is -0.309. The van der Waals surface area contributed by atoms with E-state index >= 15 is 0 Å². The van der Waals surface area contributed by atoms with Crippen molar-refractivity contribution in [3.05, 3.63) is 29.8 Å². The number of phenolic OH excluding ortho intramolecular Hbond substituents is 1. The first-order chi connectivity index (χ1) is 10.5. The van der Waals surface area contributed by atoms with Crippen molar-refractivity contribution in [3.8, 4) is 5.75 Å². The third-order valence-electron chi connectivity index (χ3n) is 4.15. The van der Waals surface area contributed by atoms with Crippen LogP contribution in [-0.2, 0) is 16.0 Å². The largest absolute Gasteiger partial charge is 0.508 e. The van der Waals surface area contributed by atoms with Gasteiger partial charge in [0.1, 0.15) is 11.3 Å². The van der Waals surface area contributed by atoms with E-state index in [2.05, 4.69) is 10.6 Å². The molecule has 1 spiro atoms. The highest BCUT2D eigenvalue weighted by atomic mass is 16.3. The molecular formula is C15H17N3O4. The highest BCUT2D eigenvalue weighted by Crippen LogP contribution is 2.25. The van der Waals surface area contributed by atoms with Crippen LogP contribution in [0.15, 0.2) is 24.3 Å². The van der Waals surface area contributed by atoms with Crippen LogP contribution < -0.4 is 10.6 Å². The Bertz CT molecular complexity index is 628. The summed E-state index contributed by atoms with van der Waals surface area (Å²) < 4.78 is 0. The summed E-state index contributed by atoms with van der Waals surface area (Å²) in [6.45, 7) is 0.767. The molecule has 22 heavy (non-hydrogen) atoms. The van der Waals surface area contributed by atoms with Gasteiger partial charge in [0, 0.05) is 6.54 Å². The molecule has 1 aromatic rings. The highest BCUT2D eigenvalue weighted by molar-refractivity contribution is 6.07. The Morgan fingerprint density at radius 3 is 2.64 bits per heavy atom. The maximum Gasteiger partial charge on any atom is 0.322 e. The zero-order chi connectivity index (χ0) is 15.7. The Kier molecular flexibility index (Phi) is 3.48. The average molecular weight is 303 g/mol. The minimum Gasteiger partial charge on any atom is -0.508 e. The summed E-state index contributed by atoms with van der Waals surface area (Å²) in [6, 6.07) is 5.95. The van der Waals surface area contributed by atoms with Gasteiger partial charge < -0.3 is 15.3 Å². The maximum atomic E-state index is 12.4. The van der Waals surface area contributed by atoms with Crippen molar-refractivity contribution in [1.29, 1.82) is 0 Å². The molecule has 0 saturated carbocycles. The average Bonchev–Trinajstić information content (AvgIpc) is 2.75. The van der Waals surface area contributed by atoms with Gasteiger partial charge in [0.2, 0.25) is 5.91 Å². The molecule has 0 bridgehead atoms. The number of benzene rings is 1. The topological polar surface area (TPSA) is 98.7 Å². The van der Waals surface area contributed by atoms with E-state index in [-0.39, 0.29) is 30.5 Å². The first-order valence-corrected chi connectivity index (χ1v) is 7.18. The number of rotatable bonds is 2. The molecule has 1 atom stereocenters. The summed E-state index contributed by atoms with van der Waals surface area (Å²) in [4.78, 5) is 37.3. The fraction of sp³-hybridized carbons (Fsp3) is 0.400. The van der Waals surface area contributed by atoms with Gasteiger partial charge in [-0.1, -0.05) is 12.1 Å². The minimum atomic E-state index is -0.986. The number of aromatic hydroxyl groups is 1. The summed E-state index contributed by atoms with van der Waals surface area (Å²) in [5.41, 5.74) is -0.192. The standard InChI is InChI=1S/C15H17N3O4/c19-11-4-2-10(3-5-11)8-12(20)18-7-1-6-15(9-18)13(21)16-14(22)17-15/h2-5,19H,1,6-9H2,(H2,16,17,21,22). The lowest BCUT2D eigenvalue weighted by molar-refractivity contribution is -0.135. The van der Waals surface area contributed by atoms with Crippen LogP contribution in [0, 0.1) is 0 Å². The van der Waals surface area contributed by atoms with Gasteiger partial charge >= 0.3 is 6.03 Å². The maximum absolute atomic E-state index is 12.4. The second kappa shape index (κ2) is 5.32. The molecule has 1 unspecified atom stereocenters. The van der Waals surface area contributed by atoms with Gasteiger partial charge in [-0.2, -0.15) is 0 Å². The van der Waals surface area contributed by atoms with Crippen molar-refractivity contribution in [2.75, 3.05) is 13.1 Å². The molecule has 7 heteroatoms. The summed E-state index contributed by atoms with van der Waals surface area (Å²) >= 11 is 0. The number of nitrogens with one attached hydrogen (secondary N) is 2. The van der Waals surface area contributed by atoms with Crippen molar-refractivity contribution in [1.82, 2.24) is 15.5 Å². The van der Waals surface area contributed by atoms with Crippen LogP contribution in [0.4, 0.5) is 4.79 Å². The molecule has 3 rings (SSSR count). The molecule has 0 aromatic heterocycles.